The lowest BCUT2D eigenvalue weighted by Gasteiger charge is -2.33. The predicted octanol–water partition coefficient (Wildman–Crippen LogP) is 2.50. The van der Waals surface area contributed by atoms with E-state index < -0.39 is 0 Å². The van der Waals surface area contributed by atoms with Crippen molar-refractivity contribution in [2.24, 2.45) is 11.7 Å². The van der Waals surface area contributed by atoms with Crippen LogP contribution < -0.4 is 11.1 Å². The Morgan fingerprint density at radius 1 is 1.45 bits per heavy atom. The van der Waals surface area contributed by atoms with Crippen LogP contribution in [0.3, 0.4) is 0 Å². The van der Waals surface area contributed by atoms with Crippen LogP contribution in [0.5, 0.6) is 0 Å². The van der Waals surface area contributed by atoms with Crippen LogP contribution in [0.2, 0.25) is 5.02 Å². The fraction of sp³-hybridized carbons (Fsp3) is 0.467. The van der Waals surface area contributed by atoms with E-state index in [4.69, 9.17) is 29.6 Å². The maximum Gasteiger partial charge on any atom is 0.222 e. The average Bonchev–Trinajstić information content (AvgIpc) is 2.53. The van der Waals surface area contributed by atoms with Crippen LogP contribution in [-0.2, 0) is 4.79 Å². The number of thioether (sulfide) groups is 1. The van der Waals surface area contributed by atoms with Crippen molar-refractivity contribution in [3.05, 3.63) is 29.3 Å². The summed E-state index contributed by atoms with van der Waals surface area (Å²) in [6.45, 7) is 2.30. The van der Waals surface area contributed by atoms with Gasteiger partial charge in [-0.05, 0) is 49.3 Å². The number of halogens is 1. The summed E-state index contributed by atoms with van der Waals surface area (Å²) in [7, 11) is 0. The number of nitrogens with two attached hydrogens (primary N) is 1. The van der Waals surface area contributed by atoms with Crippen molar-refractivity contribution < 1.29 is 4.79 Å². The third-order valence-corrected chi connectivity index (χ3v) is 5.24. The van der Waals surface area contributed by atoms with Gasteiger partial charge in [-0.3, -0.25) is 4.79 Å². The van der Waals surface area contributed by atoms with Gasteiger partial charge in [0.15, 0.2) is 5.11 Å². The smallest absolute Gasteiger partial charge is 0.222 e. The van der Waals surface area contributed by atoms with Crippen molar-refractivity contribution in [1.29, 1.82) is 0 Å². The molecule has 0 bridgehead atoms. The van der Waals surface area contributed by atoms with Gasteiger partial charge in [0.1, 0.15) is 0 Å². The van der Waals surface area contributed by atoms with E-state index >= 15 is 0 Å². The first kappa shape index (κ1) is 17.4. The van der Waals surface area contributed by atoms with Crippen molar-refractivity contribution in [3.63, 3.8) is 0 Å². The molecule has 0 aliphatic carbocycles. The maximum absolute atomic E-state index is 11.3. The summed E-state index contributed by atoms with van der Waals surface area (Å²) in [6.07, 6.45) is 1.82. The van der Waals surface area contributed by atoms with Gasteiger partial charge in [-0.2, -0.15) is 0 Å². The highest BCUT2D eigenvalue weighted by Crippen LogP contribution is 2.20. The Labute approximate surface area is 145 Å². The fourth-order valence-electron chi connectivity index (χ4n) is 2.36. The Morgan fingerprint density at radius 3 is 2.86 bits per heavy atom. The van der Waals surface area contributed by atoms with E-state index in [1.54, 1.807) is 11.8 Å². The van der Waals surface area contributed by atoms with Gasteiger partial charge in [0.05, 0.1) is 5.92 Å². The number of primary amides is 1. The molecule has 4 nitrogen and oxygen atoms in total. The van der Waals surface area contributed by atoms with Crippen LogP contribution in [0, 0.1) is 5.92 Å². The Morgan fingerprint density at radius 2 is 2.18 bits per heavy atom. The first-order valence-corrected chi connectivity index (χ1v) is 9.04. The number of thiocarbonyl (C=S) groups is 1. The van der Waals surface area contributed by atoms with Crippen LogP contribution in [0.25, 0.3) is 0 Å². The number of hydrogen-bond donors (Lipinski definition) is 2. The van der Waals surface area contributed by atoms with Crippen molar-refractivity contribution in [2.75, 3.05) is 25.4 Å². The SMILES string of the molecule is NC(=O)C1CCCN(C(=S)NCCSc2ccc(Cl)cc2)C1. The molecule has 1 fully saturated rings. The monoisotopic (exact) mass is 357 g/mol. The molecule has 3 N–H and O–H groups in total. The predicted molar refractivity (Wildman–Crippen MR) is 96.3 cm³/mol. The van der Waals surface area contributed by atoms with E-state index in [2.05, 4.69) is 5.32 Å². The van der Waals surface area contributed by atoms with E-state index in [0.29, 0.717) is 11.7 Å². The summed E-state index contributed by atoms with van der Waals surface area (Å²) in [5, 5.41) is 4.71. The van der Waals surface area contributed by atoms with Crippen molar-refractivity contribution in [2.45, 2.75) is 17.7 Å². The highest BCUT2D eigenvalue weighted by molar-refractivity contribution is 7.99. The molecule has 1 aliphatic heterocycles. The van der Waals surface area contributed by atoms with Gasteiger partial charge in [-0.1, -0.05) is 11.6 Å². The van der Waals surface area contributed by atoms with Crippen LogP contribution in [0.1, 0.15) is 12.8 Å². The third kappa shape index (κ3) is 5.34. The number of nitrogens with zero attached hydrogens (tertiary/aromatic N) is 1. The molecule has 1 unspecified atom stereocenters. The molecule has 120 valence electrons. The summed E-state index contributed by atoms with van der Waals surface area (Å²) in [5.41, 5.74) is 5.38. The van der Waals surface area contributed by atoms with E-state index in [1.165, 1.54) is 4.90 Å². The highest BCUT2D eigenvalue weighted by Gasteiger charge is 2.25. The molecule has 1 heterocycles. The molecular weight excluding hydrogens is 338 g/mol. The molecule has 0 spiro atoms. The number of likely N-dealkylation sites (tertiary alicyclic amines) is 1. The van der Waals surface area contributed by atoms with Crippen LogP contribution in [0.4, 0.5) is 0 Å². The van der Waals surface area contributed by atoms with Gasteiger partial charge in [-0.15, -0.1) is 11.8 Å². The summed E-state index contributed by atoms with van der Waals surface area (Å²) in [4.78, 5) is 14.5. The number of rotatable bonds is 5. The van der Waals surface area contributed by atoms with Crippen LogP contribution in [0.15, 0.2) is 29.2 Å². The van der Waals surface area contributed by atoms with Crippen molar-refractivity contribution in [3.8, 4) is 0 Å². The van der Waals surface area contributed by atoms with Gasteiger partial charge in [0.25, 0.3) is 0 Å². The molecular formula is C15H20ClN3OS2. The fourth-order valence-corrected chi connectivity index (χ4v) is 3.53. The van der Waals surface area contributed by atoms with Crippen LogP contribution >= 0.6 is 35.6 Å². The second-order valence-corrected chi connectivity index (χ2v) is 7.21. The molecule has 1 aromatic carbocycles. The van der Waals surface area contributed by atoms with E-state index in [9.17, 15) is 4.79 Å². The van der Waals surface area contributed by atoms with Gasteiger partial charge in [0, 0.05) is 35.3 Å². The molecule has 0 radical (unpaired) electrons. The average molecular weight is 358 g/mol. The Kier molecular flexibility index (Phi) is 6.79. The number of piperidine rings is 1. The summed E-state index contributed by atoms with van der Waals surface area (Å²) < 4.78 is 0. The minimum atomic E-state index is -0.231. The standard InChI is InChI=1S/C15H20ClN3OS2/c16-12-3-5-13(6-4-12)22-9-7-18-15(21)19-8-1-2-11(10-19)14(17)20/h3-6,11H,1-2,7-10H2,(H2,17,20)(H,18,21). The summed E-state index contributed by atoms with van der Waals surface area (Å²) >= 11 is 13.0. The second-order valence-electron chi connectivity index (χ2n) is 5.22. The lowest BCUT2D eigenvalue weighted by atomic mass is 9.98. The molecule has 1 aliphatic rings. The highest BCUT2D eigenvalue weighted by atomic mass is 35.5. The van der Waals surface area contributed by atoms with Gasteiger partial charge in [-0.25, -0.2) is 0 Å². The molecule has 7 heteroatoms. The van der Waals surface area contributed by atoms with E-state index in [-0.39, 0.29) is 11.8 Å². The minimum Gasteiger partial charge on any atom is -0.369 e. The Hall–Kier alpha value is -0.980. The number of amides is 1. The molecule has 1 aromatic rings. The van der Waals surface area contributed by atoms with Crippen molar-refractivity contribution >= 4 is 46.6 Å². The quantitative estimate of drug-likeness (QED) is 0.481. The Bertz CT molecular complexity index is 524. The number of carbonyl (C=O) groups excluding carboxylic acids is 1. The number of nitrogens with one attached hydrogen (secondary N) is 1. The summed E-state index contributed by atoms with van der Waals surface area (Å²) in [6, 6.07) is 7.79. The number of hydrogen-bond acceptors (Lipinski definition) is 3. The lowest BCUT2D eigenvalue weighted by Crippen LogP contribution is -2.48. The van der Waals surface area contributed by atoms with Gasteiger partial charge in [0.2, 0.25) is 5.91 Å². The second kappa shape index (κ2) is 8.60. The van der Waals surface area contributed by atoms with E-state index in [0.717, 1.165) is 36.7 Å². The first-order valence-electron chi connectivity index (χ1n) is 7.26. The molecule has 2 rings (SSSR count). The largest absolute Gasteiger partial charge is 0.369 e. The topological polar surface area (TPSA) is 58.4 Å². The molecule has 1 atom stereocenters. The summed E-state index contributed by atoms with van der Waals surface area (Å²) in [5.74, 6) is 0.595. The Balaban J connectivity index is 1.69. The van der Waals surface area contributed by atoms with E-state index in [1.807, 2.05) is 29.2 Å². The normalized spacial score (nSPS) is 18.0. The number of carbonyl (C=O) groups is 1. The zero-order valence-electron chi connectivity index (χ0n) is 12.3. The zero-order valence-corrected chi connectivity index (χ0v) is 14.6. The van der Waals surface area contributed by atoms with Crippen LogP contribution in [-0.4, -0.2) is 41.3 Å². The van der Waals surface area contributed by atoms with Gasteiger partial charge >= 0.3 is 0 Å². The molecule has 1 saturated heterocycles. The molecule has 1 amide bonds. The third-order valence-electron chi connectivity index (χ3n) is 3.57. The number of benzene rings is 1. The molecule has 0 saturated carbocycles. The van der Waals surface area contributed by atoms with Crippen molar-refractivity contribution in [1.82, 2.24) is 10.2 Å². The minimum absolute atomic E-state index is 0.0862. The molecule has 0 aromatic heterocycles. The zero-order chi connectivity index (χ0) is 15.9. The first-order chi connectivity index (χ1) is 10.6. The molecule has 22 heavy (non-hydrogen) atoms. The van der Waals surface area contributed by atoms with Gasteiger partial charge < -0.3 is 16.0 Å². The lowest BCUT2D eigenvalue weighted by molar-refractivity contribution is -0.122. The maximum atomic E-state index is 11.3.